The summed E-state index contributed by atoms with van der Waals surface area (Å²) < 4.78 is 63.6. The van der Waals surface area contributed by atoms with Gasteiger partial charge in [0.2, 0.25) is 0 Å². The van der Waals surface area contributed by atoms with E-state index in [1.807, 2.05) is 0 Å². The topological polar surface area (TPSA) is 174 Å². The van der Waals surface area contributed by atoms with Crippen LogP contribution < -0.4 is 0 Å². The van der Waals surface area contributed by atoms with Crippen LogP contribution in [-0.4, -0.2) is 95.3 Å². The zero-order valence-electron chi connectivity index (χ0n) is 14.1. The first kappa shape index (κ1) is 28.3. The molecule has 31 heavy (non-hydrogen) atoms. The van der Waals surface area contributed by atoms with Gasteiger partial charge in [0.15, 0.2) is 5.75 Å². The Morgan fingerprint density at radius 1 is 0.742 bits per heavy atom. The van der Waals surface area contributed by atoms with Crippen molar-refractivity contribution in [2.24, 2.45) is 10.2 Å². The van der Waals surface area contributed by atoms with E-state index in [-0.39, 0.29) is 81.3 Å². The van der Waals surface area contributed by atoms with Gasteiger partial charge in [-0.2, -0.15) is 16.8 Å². The van der Waals surface area contributed by atoms with E-state index in [1.165, 1.54) is 24.3 Å². The van der Waals surface area contributed by atoms with Crippen molar-refractivity contribution < 1.29 is 36.2 Å². The molecule has 0 amide bonds. The van der Waals surface area contributed by atoms with E-state index in [9.17, 15) is 31.6 Å². The number of phenols is 2. The van der Waals surface area contributed by atoms with Crippen LogP contribution in [-0.2, 0) is 20.2 Å². The third-order valence-electron chi connectivity index (χ3n) is 3.82. The van der Waals surface area contributed by atoms with E-state index in [0.717, 1.165) is 12.1 Å². The van der Waals surface area contributed by atoms with Crippen molar-refractivity contribution in [3.63, 3.8) is 0 Å². The van der Waals surface area contributed by atoms with E-state index in [2.05, 4.69) is 10.2 Å². The summed E-state index contributed by atoms with van der Waals surface area (Å²) in [4.78, 5) is -1.12. The summed E-state index contributed by atoms with van der Waals surface area (Å²) in [5.41, 5.74) is -0.368. The van der Waals surface area contributed by atoms with Crippen molar-refractivity contribution >= 4 is 113 Å². The van der Waals surface area contributed by atoms with Crippen LogP contribution in [0.2, 0.25) is 5.02 Å². The summed E-state index contributed by atoms with van der Waals surface area (Å²) in [6.07, 6.45) is 0. The number of azo groups is 1. The van der Waals surface area contributed by atoms with Crippen LogP contribution in [0.1, 0.15) is 0 Å². The molecule has 0 unspecified atom stereocenters. The van der Waals surface area contributed by atoms with Gasteiger partial charge in [-0.15, -0.1) is 10.2 Å². The maximum absolute atomic E-state index is 11.5. The summed E-state index contributed by atoms with van der Waals surface area (Å²) in [5, 5.41) is 27.4. The zero-order valence-corrected chi connectivity index (χ0v) is 16.4. The van der Waals surface area contributed by atoms with Gasteiger partial charge in [-0.1, -0.05) is 29.8 Å². The Labute approximate surface area is 226 Å². The number of phenolic OH excluding ortho intramolecular Hbond substituents is 2. The van der Waals surface area contributed by atoms with Crippen molar-refractivity contribution in [3.8, 4) is 11.5 Å². The Hall–Kier alpha value is -0.770. The van der Waals surface area contributed by atoms with Gasteiger partial charge in [0, 0.05) is 16.8 Å². The third-order valence-corrected chi connectivity index (χ3v) is 6.05. The molecule has 4 N–H and O–H groups in total. The van der Waals surface area contributed by atoms with E-state index in [4.69, 9.17) is 16.2 Å². The zero-order chi connectivity index (χ0) is 21.6. The van der Waals surface area contributed by atoms with Crippen molar-refractivity contribution in [3.05, 3.63) is 47.5 Å². The molecule has 0 aromatic heterocycles. The van der Waals surface area contributed by atoms with Crippen LogP contribution >= 0.6 is 11.6 Å². The number of fused-ring (bicyclic) bond motifs is 1. The molecule has 156 valence electrons. The van der Waals surface area contributed by atoms with Gasteiger partial charge in [0.25, 0.3) is 20.2 Å². The number of benzene rings is 3. The van der Waals surface area contributed by atoms with Crippen molar-refractivity contribution in [1.82, 2.24) is 0 Å². The van der Waals surface area contributed by atoms with Gasteiger partial charge in [-0.25, -0.2) is 0 Å². The third kappa shape index (κ3) is 6.18. The molecule has 0 bridgehead atoms. The maximum atomic E-state index is 11.5. The average Bonchev–Trinajstić information content (AvgIpc) is 2.61. The summed E-state index contributed by atoms with van der Waals surface area (Å²) in [7, 11) is -9.18. The Bertz CT molecular complexity index is 1400. The van der Waals surface area contributed by atoms with Crippen molar-refractivity contribution in [2.45, 2.75) is 9.79 Å². The molecule has 0 fully saturated rings. The molecule has 0 heterocycles. The first-order valence-electron chi connectivity index (χ1n) is 7.53. The monoisotopic (exact) mass is 506 g/mol. The Balaban J connectivity index is 0.00000240. The first-order valence-corrected chi connectivity index (χ1v) is 10.8. The Morgan fingerprint density at radius 2 is 1.32 bits per heavy atom. The molecule has 0 saturated heterocycles. The van der Waals surface area contributed by atoms with E-state index in [0.29, 0.717) is 6.07 Å². The summed E-state index contributed by atoms with van der Waals surface area (Å²) >= 11 is 5.76. The van der Waals surface area contributed by atoms with Crippen LogP contribution in [0.3, 0.4) is 0 Å². The van der Waals surface area contributed by atoms with Gasteiger partial charge in [0.05, 0.1) is 5.02 Å². The molecule has 3 aromatic carbocycles. The predicted octanol–water partition coefficient (Wildman–Crippen LogP) is 2.52. The number of halogens is 1. The second kappa shape index (κ2) is 10.4. The summed E-state index contributed by atoms with van der Waals surface area (Å²) in [5.74, 6) is -1.10. The summed E-state index contributed by atoms with van der Waals surface area (Å²) in [6, 6.07) is 8.01. The molecule has 0 atom stereocenters. The quantitative estimate of drug-likeness (QED) is 0.237. The van der Waals surface area contributed by atoms with Crippen LogP contribution in [0.15, 0.2) is 62.5 Å². The molecule has 3 aromatic rings. The van der Waals surface area contributed by atoms with Crippen LogP contribution in [0.4, 0.5) is 11.4 Å². The molecule has 0 spiro atoms. The molecular weight excluding hydrogens is 494 g/mol. The van der Waals surface area contributed by atoms with Crippen LogP contribution in [0.25, 0.3) is 10.8 Å². The standard InChI is InChI=1S/C16H11ClN2O8S2.2Na.2H/c17-10-6-12(13(20)7-15(10)29(25,26)27)19-18-11-5-4-8-9(16(11)21)2-1-3-14(8)28(22,23)24;;;;/h1-7,20-21H,(H,22,23,24)(H,25,26,27);;;;/b19-18+;;;;. The molecule has 0 saturated carbocycles. The molecule has 0 aliphatic carbocycles. The van der Waals surface area contributed by atoms with Gasteiger partial charge in [-0.3, -0.25) is 9.11 Å². The van der Waals surface area contributed by atoms with Crippen LogP contribution in [0.5, 0.6) is 11.5 Å². The Morgan fingerprint density at radius 3 is 1.90 bits per heavy atom. The SMILES string of the molecule is O=S(=O)(O)c1cc(O)c(/N=N/c2ccc3c(S(=O)(=O)O)cccc3c2O)cc1Cl.[NaH].[NaH]. The van der Waals surface area contributed by atoms with Gasteiger partial charge < -0.3 is 10.2 Å². The van der Waals surface area contributed by atoms with Crippen molar-refractivity contribution in [2.75, 3.05) is 0 Å². The predicted molar refractivity (Wildman–Crippen MR) is 117 cm³/mol. The fraction of sp³-hybridized carbons (Fsp3) is 0. The van der Waals surface area contributed by atoms with Gasteiger partial charge in [0.1, 0.15) is 26.9 Å². The fourth-order valence-electron chi connectivity index (χ4n) is 2.52. The minimum absolute atomic E-state index is 0. The second-order valence-electron chi connectivity index (χ2n) is 5.71. The van der Waals surface area contributed by atoms with Crippen molar-refractivity contribution in [1.29, 1.82) is 0 Å². The fourth-order valence-corrected chi connectivity index (χ4v) is 4.25. The van der Waals surface area contributed by atoms with E-state index < -0.39 is 46.5 Å². The second-order valence-corrected chi connectivity index (χ2v) is 8.89. The molecule has 0 aliphatic rings. The van der Waals surface area contributed by atoms with Gasteiger partial charge in [-0.05, 0) is 18.2 Å². The number of aromatic hydroxyl groups is 2. The molecule has 0 radical (unpaired) electrons. The first-order chi connectivity index (χ1) is 13.4. The van der Waals surface area contributed by atoms with E-state index >= 15 is 0 Å². The number of rotatable bonds is 4. The molecule has 0 aliphatic heterocycles. The van der Waals surface area contributed by atoms with Crippen LogP contribution in [0, 0.1) is 0 Å². The normalized spacial score (nSPS) is 11.8. The average molecular weight is 507 g/mol. The van der Waals surface area contributed by atoms with Gasteiger partial charge >= 0.3 is 59.1 Å². The number of hydrogen-bond donors (Lipinski definition) is 4. The number of hydrogen-bond acceptors (Lipinski definition) is 8. The Kier molecular flexibility index (Phi) is 9.52. The molecular formula is C16H13ClN2Na2O8S2. The number of nitrogens with zero attached hydrogens (tertiary/aromatic N) is 2. The molecule has 10 nitrogen and oxygen atoms in total. The molecule has 15 heteroatoms. The molecule has 3 rings (SSSR count). The van der Waals surface area contributed by atoms with E-state index in [1.54, 1.807) is 0 Å². The summed E-state index contributed by atoms with van der Waals surface area (Å²) in [6.45, 7) is 0. The minimum atomic E-state index is -4.66.